The lowest BCUT2D eigenvalue weighted by molar-refractivity contribution is -0.200. The molecule has 2 saturated carbocycles. The number of hydrogen-bond donors (Lipinski definition) is 2. The van der Waals surface area contributed by atoms with Gasteiger partial charge >= 0.3 is 0 Å². The SMILES string of the molecule is CC(=O)C1(O)CCC2C3C=C(C)C4=CC(=O)C=CC4(C)C3(F)C(O)CC21C. The number of Topliss-reactive ketones (excluding diaryl/α,β-unsaturated/α-hetero) is 1. The van der Waals surface area contributed by atoms with E-state index in [0.29, 0.717) is 12.0 Å². The normalized spacial score (nSPS) is 51.1. The molecule has 27 heavy (non-hydrogen) atoms. The van der Waals surface area contributed by atoms with E-state index >= 15 is 4.39 Å². The average Bonchev–Trinajstić information content (AvgIpc) is 2.85. The van der Waals surface area contributed by atoms with E-state index in [1.807, 2.05) is 19.9 Å². The molecule has 4 aliphatic rings. The van der Waals surface area contributed by atoms with Crippen molar-refractivity contribution >= 4 is 11.6 Å². The third kappa shape index (κ3) is 1.94. The van der Waals surface area contributed by atoms with Crippen LogP contribution in [0.5, 0.6) is 0 Å². The first kappa shape index (κ1) is 18.8. The van der Waals surface area contributed by atoms with Crippen molar-refractivity contribution in [1.82, 2.24) is 0 Å². The summed E-state index contributed by atoms with van der Waals surface area (Å²) >= 11 is 0. The fraction of sp³-hybridized carbons (Fsp3) is 0.636. The lowest BCUT2D eigenvalue weighted by atomic mass is 9.45. The molecular formula is C22H27FO4. The van der Waals surface area contributed by atoms with Crippen LogP contribution in [0.25, 0.3) is 0 Å². The first-order valence-corrected chi connectivity index (χ1v) is 9.66. The molecule has 0 bridgehead atoms. The Morgan fingerprint density at radius 1 is 1.33 bits per heavy atom. The van der Waals surface area contributed by atoms with Crippen LogP contribution in [-0.4, -0.2) is 39.2 Å². The molecular weight excluding hydrogens is 347 g/mol. The highest BCUT2D eigenvalue weighted by atomic mass is 19.1. The quantitative estimate of drug-likeness (QED) is 0.740. The van der Waals surface area contributed by atoms with Crippen molar-refractivity contribution in [2.45, 2.75) is 64.3 Å². The highest BCUT2D eigenvalue weighted by molar-refractivity contribution is 6.02. The average molecular weight is 374 g/mol. The van der Waals surface area contributed by atoms with Gasteiger partial charge in [-0.1, -0.05) is 24.6 Å². The Bertz CT molecular complexity index is 841. The molecule has 0 saturated heterocycles. The number of ketones is 2. The van der Waals surface area contributed by atoms with E-state index in [2.05, 4.69) is 0 Å². The third-order valence-corrected chi connectivity index (χ3v) is 8.26. The fourth-order valence-electron chi connectivity index (χ4n) is 6.64. The van der Waals surface area contributed by atoms with Gasteiger partial charge < -0.3 is 10.2 Å². The maximum atomic E-state index is 16.8. The van der Waals surface area contributed by atoms with E-state index in [-0.39, 0.29) is 30.3 Å². The summed E-state index contributed by atoms with van der Waals surface area (Å²) in [7, 11) is 0. The molecule has 146 valence electrons. The maximum absolute atomic E-state index is 16.8. The summed E-state index contributed by atoms with van der Waals surface area (Å²) in [4.78, 5) is 24.2. The second-order valence-corrected chi connectivity index (χ2v) is 9.34. The third-order valence-electron chi connectivity index (χ3n) is 8.26. The minimum Gasteiger partial charge on any atom is -0.390 e. The van der Waals surface area contributed by atoms with Crippen LogP contribution in [0.4, 0.5) is 4.39 Å². The van der Waals surface area contributed by atoms with Crippen LogP contribution >= 0.6 is 0 Å². The molecule has 4 aliphatic carbocycles. The summed E-state index contributed by atoms with van der Waals surface area (Å²) in [5.41, 5.74) is -4.12. The lowest BCUT2D eigenvalue weighted by Crippen LogP contribution is -2.68. The van der Waals surface area contributed by atoms with Gasteiger partial charge in [0.05, 0.1) is 6.10 Å². The van der Waals surface area contributed by atoms with Gasteiger partial charge in [0.1, 0.15) is 5.60 Å². The smallest absolute Gasteiger partial charge is 0.178 e. The van der Waals surface area contributed by atoms with Gasteiger partial charge in [0.15, 0.2) is 17.2 Å². The van der Waals surface area contributed by atoms with Gasteiger partial charge in [-0.2, -0.15) is 0 Å². The number of carbonyl (C=O) groups excluding carboxylic acids is 2. The Hall–Kier alpha value is -1.59. The molecule has 0 amide bonds. The monoisotopic (exact) mass is 374 g/mol. The van der Waals surface area contributed by atoms with Gasteiger partial charge in [-0.05, 0) is 63.7 Å². The van der Waals surface area contributed by atoms with Crippen molar-refractivity contribution in [1.29, 1.82) is 0 Å². The summed E-state index contributed by atoms with van der Waals surface area (Å²) in [5.74, 6) is -1.41. The number of halogens is 1. The van der Waals surface area contributed by atoms with E-state index in [1.165, 1.54) is 19.1 Å². The van der Waals surface area contributed by atoms with Crippen molar-refractivity contribution in [3.63, 3.8) is 0 Å². The largest absolute Gasteiger partial charge is 0.390 e. The molecule has 7 unspecified atom stereocenters. The van der Waals surface area contributed by atoms with Gasteiger partial charge in [0, 0.05) is 16.7 Å². The van der Waals surface area contributed by atoms with Crippen molar-refractivity contribution in [3.05, 3.63) is 35.5 Å². The molecule has 4 rings (SSSR count). The van der Waals surface area contributed by atoms with Crippen LogP contribution in [0.2, 0.25) is 0 Å². The predicted octanol–water partition coefficient (Wildman–Crippen LogP) is 2.84. The molecule has 0 aromatic heterocycles. The Morgan fingerprint density at radius 3 is 2.63 bits per heavy atom. The first-order chi connectivity index (χ1) is 12.4. The fourth-order valence-corrected chi connectivity index (χ4v) is 6.64. The van der Waals surface area contributed by atoms with Gasteiger partial charge in [0.2, 0.25) is 0 Å². The van der Waals surface area contributed by atoms with Gasteiger partial charge in [-0.3, -0.25) is 9.59 Å². The van der Waals surface area contributed by atoms with Crippen molar-refractivity contribution < 1.29 is 24.2 Å². The number of rotatable bonds is 1. The molecule has 0 heterocycles. The minimum atomic E-state index is -2.00. The molecule has 0 spiro atoms. The number of hydrogen-bond acceptors (Lipinski definition) is 4. The highest BCUT2D eigenvalue weighted by Crippen LogP contribution is 2.69. The van der Waals surface area contributed by atoms with E-state index < -0.39 is 34.1 Å². The van der Waals surface area contributed by atoms with Gasteiger partial charge in [0.25, 0.3) is 0 Å². The molecule has 0 aromatic carbocycles. The summed E-state index contributed by atoms with van der Waals surface area (Å²) < 4.78 is 16.8. The summed E-state index contributed by atoms with van der Waals surface area (Å²) in [5, 5.41) is 22.2. The van der Waals surface area contributed by atoms with Crippen LogP contribution in [-0.2, 0) is 9.59 Å². The minimum absolute atomic E-state index is 0.0122. The molecule has 4 nitrogen and oxygen atoms in total. The molecule has 5 heteroatoms. The first-order valence-electron chi connectivity index (χ1n) is 9.66. The number of carbonyl (C=O) groups is 2. The van der Waals surface area contributed by atoms with Crippen molar-refractivity contribution in [2.24, 2.45) is 22.7 Å². The lowest BCUT2D eigenvalue weighted by Gasteiger charge is -2.61. The molecule has 2 fully saturated rings. The van der Waals surface area contributed by atoms with Crippen LogP contribution in [0, 0.1) is 22.7 Å². The number of aliphatic hydroxyl groups excluding tert-OH is 1. The van der Waals surface area contributed by atoms with E-state index in [9.17, 15) is 19.8 Å². The van der Waals surface area contributed by atoms with Gasteiger partial charge in [-0.15, -0.1) is 0 Å². The van der Waals surface area contributed by atoms with E-state index in [0.717, 1.165) is 5.57 Å². The zero-order valence-corrected chi connectivity index (χ0v) is 16.3. The molecule has 0 aliphatic heterocycles. The molecule has 0 radical (unpaired) electrons. The van der Waals surface area contributed by atoms with E-state index in [1.54, 1.807) is 13.0 Å². The Kier molecular flexibility index (Phi) is 3.66. The number of alkyl halides is 1. The zero-order valence-electron chi connectivity index (χ0n) is 16.3. The van der Waals surface area contributed by atoms with Crippen LogP contribution in [0.3, 0.4) is 0 Å². The van der Waals surface area contributed by atoms with Crippen LogP contribution < -0.4 is 0 Å². The number of allylic oxidation sites excluding steroid dienone is 6. The van der Waals surface area contributed by atoms with Crippen molar-refractivity contribution in [3.8, 4) is 0 Å². The number of aliphatic hydroxyl groups is 2. The Balaban J connectivity index is 1.92. The van der Waals surface area contributed by atoms with Crippen LogP contribution in [0.15, 0.2) is 35.5 Å². The molecule has 2 N–H and O–H groups in total. The summed E-state index contributed by atoms with van der Waals surface area (Å²) in [6.07, 6.45) is 5.71. The topological polar surface area (TPSA) is 74.6 Å². The Morgan fingerprint density at radius 2 is 2.00 bits per heavy atom. The van der Waals surface area contributed by atoms with Crippen LogP contribution in [0.1, 0.15) is 47.0 Å². The van der Waals surface area contributed by atoms with E-state index in [4.69, 9.17) is 0 Å². The molecule has 7 atom stereocenters. The maximum Gasteiger partial charge on any atom is 0.178 e. The molecule has 0 aromatic rings. The zero-order chi connectivity index (χ0) is 20.0. The highest BCUT2D eigenvalue weighted by Gasteiger charge is 2.73. The standard InChI is InChI=1S/C22H27FO4/c1-12-9-17-15-6-8-21(27,13(2)24)20(15,4)11-18(26)22(17,23)19(3)7-5-14(25)10-16(12)19/h5,7,9-10,15,17-18,26-27H,6,8,11H2,1-4H3. The second-order valence-electron chi connectivity index (χ2n) is 9.34. The summed E-state index contributed by atoms with van der Waals surface area (Å²) in [6, 6.07) is 0. The van der Waals surface area contributed by atoms with Gasteiger partial charge in [-0.25, -0.2) is 4.39 Å². The Labute approximate surface area is 158 Å². The predicted molar refractivity (Wildman–Crippen MR) is 98.5 cm³/mol. The summed E-state index contributed by atoms with van der Waals surface area (Å²) in [6.45, 7) is 6.78. The number of fused-ring (bicyclic) bond motifs is 5. The van der Waals surface area contributed by atoms with Crippen molar-refractivity contribution in [2.75, 3.05) is 0 Å². The second kappa shape index (κ2) is 5.26.